The van der Waals surface area contributed by atoms with E-state index in [0.717, 1.165) is 25.0 Å². The van der Waals surface area contributed by atoms with Crippen molar-refractivity contribution < 1.29 is 9.90 Å². The van der Waals surface area contributed by atoms with Crippen molar-refractivity contribution in [2.75, 3.05) is 6.61 Å². The van der Waals surface area contributed by atoms with E-state index in [9.17, 15) is 9.90 Å². The number of hydrogen-bond donors (Lipinski definition) is 2. The van der Waals surface area contributed by atoms with E-state index in [1.54, 1.807) is 10.9 Å². The van der Waals surface area contributed by atoms with Gasteiger partial charge in [-0.15, -0.1) is 5.10 Å². The Morgan fingerprint density at radius 3 is 2.94 bits per heavy atom. The average Bonchev–Trinajstić information content (AvgIpc) is 2.63. The third-order valence-corrected chi connectivity index (χ3v) is 3.12. The fourth-order valence-corrected chi connectivity index (χ4v) is 1.87. The van der Waals surface area contributed by atoms with E-state index in [2.05, 4.69) is 15.6 Å². The van der Waals surface area contributed by atoms with Gasteiger partial charge < -0.3 is 10.4 Å². The molecule has 1 aliphatic carbocycles. The summed E-state index contributed by atoms with van der Waals surface area (Å²) in [6.45, 7) is 1.94. The summed E-state index contributed by atoms with van der Waals surface area (Å²) >= 11 is 0. The molecule has 6 nitrogen and oxygen atoms in total. The maximum atomic E-state index is 10.7. The Balaban J connectivity index is 2.04. The first kappa shape index (κ1) is 11.1. The van der Waals surface area contributed by atoms with Gasteiger partial charge in [-0.3, -0.25) is 4.79 Å². The van der Waals surface area contributed by atoms with Crippen LogP contribution in [0.2, 0.25) is 0 Å². The van der Waals surface area contributed by atoms with Crippen molar-refractivity contribution in [2.24, 2.45) is 0 Å². The molecule has 0 aliphatic heterocycles. The van der Waals surface area contributed by atoms with Crippen LogP contribution in [0.1, 0.15) is 31.9 Å². The molecule has 0 bridgehead atoms. The molecule has 16 heavy (non-hydrogen) atoms. The van der Waals surface area contributed by atoms with E-state index in [1.807, 2.05) is 0 Å². The average molecular weight is 224 g/mol. The van der Waals surface area contributed by atoms with E-state index in [0.29, 0.717) is 6.54 Å². The van der Waals surface area contributed by atoms with Gasteiger partial charge in [-0.05, 0) is 19.3 Å². The fraction of sp³-hybridized carbons (Fsp3) is 0.700. The number of rotatable bonds is 4. The second kappa shape index (κ2) is 4.21. The summed E-state index contributed by atoms with van der Waals surface area (Å²) in [6.07, 6.45) is 4.78. The zero-order valence-corrected chi connectivity index (χ0v) is 9.31. The molecule has 6 heteroatoms. The Bertz CT molecular complexity index is 378. The lowest BCUT2D eigenvalue weighted by Gasteiger charge is -2.39. The number of aromatic nitrogens is 3. The van der Waals surface area contributed by atoms with Crippen molar-refractivity contribution >= 4 is 5.91 Å². The van der Waals surface area contributed by atoms with Crippen LogP contribution in [0.4, 0.5) is 0 Å². The zero-order valence-electron chi connectivity index (χ0n) is 9.31. The number of amides is 1. The van der Waals surface area contributed by atoms with Gasteiger partial charge in [0, 0.05) is 6.92 Å². The Labute approximate surface area is 93.6 Å². The third kappa shape index (κ3) is 1.92. The minimum absolute atomic E-state index is 0.0879. The van der Waals surface area contributed by atoms with Crippen molar-refractivity contribution in [3.8, 4) is 0 Å². The van der Waals surface area contributed by atoms with Crippen LogP contribution in [-0.4, -0.2) is 32.6 Å². The van der Waals surface area contributed by atoms with Crippen LogP contribution in [0.3, 0.4) is 0 Å². The monoisotopic (exact) mass is 224 g/mol. The van der Waals surface area contributed by atoms with Crippen molar-refractivity contribution in [1.82, 2.24) is 20.3 Å². The molecule has 0 atom stereocenters. The Kier molecular flexibility index (Phi) is 2.91. The molecule has 1 amide bonds. The predicted molar refractivity (Wildman–Crippen MR) is 56.5 cm³/mol. The molecule has 0 unspecified atom stereocenters. The smallest absolute Gasteiger partial charge is 0.217 e. The highest BCUT2D eigenvalue weighted by atomic mass is 16.3. The zero-order chi connectivity index (χ0) is 11.6. The Hall–Kier alpha value is -1.43. The molecule has 1 aliphatic rings. The van der Waals surface area contributed by atoms with Crippen molar-refractivity contribution in [3.63, 3.8) is 0 Å². The minimum Gasteiger partial charge on any atom is -0.394 e. The van der Waals surface area contributed by atoms with Crippen molar-refractivity contribution in [2.45, 2.75) is 38.3 Å². The number of nitrogens with one attached hydrogen (secondary N) is 1. The highest BCUT2D eigenvalue weighted by molar-refractivity contribution is 5.72. The van der Waals surface area contributed by atoms with Crippen LogP contribution < -0.4 is 5.32 Å². The highest BCUT2D eigenvalue weighted by Gasteiger charge is 2.39. The lowest BCUT2D eigenvalue weighted by Crippen LogP contribution is -2.44. The first-order chi connectivity index (χ1) is 7.66. The Morgan fingerprint density at radius 2 is 2.44 bits per heavy atom. The molecule has 1 heterocycles. The minimum atomic E-state index is -0.249. The lowest BCUT2D eigenvalue weighted by molar-refractivity contribution is -0.119. The van der Waals surface area contributed by atoms with Crippen LogP contribution in [-0.2, 0) is 16.9 Å². The lowest BCUT2D eigenvalue weighted by atomic mass is 9.77. The van der Waals surface area contributed by atoms with E-state index in [1.165, 1.54) is 6.92 Å². The second-order valence-electron chi connectivity index (χ2n) is 4.30. The molecule has 2 N–H and O–H groups in total. The van der Waals surface area contributed by atoms with Gasteiger partial charge in [-0.2, -0.15) is 0 Å². The molecule has 0 aromatic carbocycles. The molecular formula is C10H16N4O2. The van der Waals surface area contributed by atoms with E-state index in [-0.39, 0.29) is 18.1 Å². The van der Waals surface area contributed by atoms with Gasteiger partial charge in [0.1, 0.15) is 5.69 Å². The topological polar surface area (TPSA) is 80.0 Å². The summed E-state index contributed by atoms with van der Waals surface area (Å²) in [5.41, 5.74) is 0.469. The Morgan fingerprint density at radius 1 is 1.69 bits per heavy atom. The molecule has 88 valence electrons. The fourth-order valence-electron chi connectivity index (χ4n) is 1.87. The molecule has 1 aromatic heterocycles. The molecule has 0 saturated heterocycles. The van der Waals surface area contributed by atoms with Crippen LogP contribution in [0, 0.1) is 0 Å². The highest BCUT2D eigenvalue weighted by Crippen LogP contribution is 2.37. The maximum absolute atomic E-state index is 10.7. The quantitative estimate of drug-likeness (QED) is 0.741. The van der Waals surface area contributed by atoms with Gasteiger partial charge >= 0.3 is 0 Å². The van der Waals surface area contributed by atoms with Crippen LogP contribution >= 0.6 is 0 Å². The SMILES string of the molecule is CC(=O)NCc1cn(C2(CO)CCC2)nn1. The molecule has 2 rings (SSSR count). The number of carbonyl (C=O) groups excluding carboxylic acids is 1. The first-order valence-electron chi connectivity index (χ1n) is 5.43. The molecule has 1 aromatic rings. The van der Waals surface area contributed by atoms with Gasteiger partial charge in [0.2, 0.25) is 5.91 Å². The molecular weight excluding hydrogens is 208 g/mol. The summed E-state index contributed by atoms with van der Waals surface area (Å²) in [5, 5.41) is 20.0. The van der Waals surface area contributed by atoms with Crippen LogP contribution in [0.5, 0.6) is 0 Å². The normalized spacial score (nSPS) is 17.9. The largest absolute Gasteiger partial charge is 0.394 e. The van der Waals surface area contributed by atoms with Crippen LogP contribution in [0.25, 0.3) is 0 Å². The van der Waals surface area contributed by atoms with Crippen molar-refractivity contribution in [1.29, 1.82) is 0 Å². The van der Waals surface area contributed by atoms with Crippen LogP contribution in [0.15, 0.2) is 6.20 Å². The number of carbonyl (C=O) groups is 1. The summed E-state index contributed by atoms with van der Waals surface area (Å²) in [4.78, 5) is 10.7. The molecule has 1 fully saturated rings. The summed E-state index contributed by atoms with van der Waals surface area (Å²) < 4.78 is 1.73. The number of aliphatic hydroxyl groups is 1. The number of hydrogen-bond acceptors (Lipinski definition) is 4. The van der Waals surface area contributed by atoms with E-state index >= 15 is 0 Å². The summed E-state index contributed by atoms with van der Waals surface area (Å²) in [7, 11) is 0. The predicted octanol–water partition coefficient (Wildman–Crippen LogP) is -0.214. The number of nitrogens with zero attached hydrogens (tertiary/aromatic N) is 3. The van der Waals surface area contributed by atoms with E-state index < -0.39 is 0 Å². The summed E-state index contributed by atoms with van der Waals surface area (Å²) in [6, 6.07) is 0. The van der Waals surface area contributed by atoms with Gasteiger partial charge in [-0.25, -0.2) is 4.68 Å². The third-order valence-electron chi connectivity index (χ3n) is 3.12. The van der Waals surface area contributed by atoms with Gasteiger partial charge in [0.25, 0.3) is 0 Å². The number of aliphatic hydroxyl groups excluding tert-OH is 1. The molecule has 1 saturated carbocycles. The second-order valence-corrected chi connectivity index (χ2v) is 4.30. The first-order valence-corrected chi connectivity index (χ1v) is 5.43. The van der Waals surface area contributed by atoms with Gasteiger partial charge in [0.15, 0.2) is 0 Å². The molecule has 0 spiro atoms. The van der Waals surface area contributed by atoms with Gasteiger partial charge in [-0.1, -0.05) is 5.21 Å². The van der Waals surface area contributed by atoms with E-state index in [4.69, 9.17) is 0 Å². The van der Waals surface area contributed by atoms with Crippen molar-refractivity contribution in [3.05, 3.63) is 11.9 Å². The standard InChI is InChI=1S/C10H16N4O2/c1-8(16)11-5-9-6-14(13-12-9)10(7-15)3-2-4-10/h6,15H,2-5,7H2,1H3,(H,11,16). The summed E-state index contributed by atoms with van der Waals surface area (Å²) in [5.74, 6) is -0.0879. The van der Waals surface area contributed by atoms with Gasteiger partial charge in [0.05, 0.1) is 24.9 Å². The maximum Gasteiger partial charge on any atom is 0.217 e. The molecule has 0 radical (unpaired) electrons.